The number of methoxy groups -OCH3 is 1. The number of rotatable bonds is 4. The largest absolute Gasteiger partial charge is 0.496 e. The molecule has 110 valence electrons. The molecule has 1 atom stereocenters. The Morgan fingerprint density at radius 3 is 2.67 bits per heavy atom. The molecule has 21 heavy (non-hydrogen) atoms. The van der Waals surface area contributed by atoms with E-state index in [2.05, 4.69) is 15.3 Å². The lowest BCUT2D eigenvalue weighted by molar-refractivity contribution is 0.0938. The van der Waals surface area contributed by atoms with E-state index in [4.69, 9.17) is 4.74 Å². The number of ether oxygens (including phenoxy) is 1. The number of benzene rings is 1. The van der Waals surface area contributed by atoms with Crippen LogP contribution in [0.5, 0.6) is 5.75 Å². The molecular weight excluding hydrogens is 266 g/mol. The first-order valence-electron chi connectivity index (χ1n) is 6.77. The molecule has 1 N–H and O–H groups in total. The molecule has 5 heteroatoms. The summed E-state index contributed by atoms with van der Waals surface area (Å²) in [6.45, 7) is 5.52. The molecule has 0 aliphatic carbocycles. The maximum absolute atomic E-state index is 12.3. The third kappa shape index (κ3) is 3.37. The van der Waals surface area contributed by atoms with Crippen LogP contribution in [0.1, 0.15) is 40.4 Å². The number of carbonyl (C=O) groups excluding carboxylic acids is 1. The van der Waals surface area contributed by atoms with Crippen molar-refractivity contribution in [2.75, 3.05) is 7.11 Å². The second-order valence-corrected chi connectivity index (χ2v) is 4.85. The topological polar surface area (TPSA) is 64.1 Å². The SMILES string of the molecule is COc1ccccc1[C@@H](C)NC(=O)c1cnc(C)nc1C. The monoisotopic (exact) mass is 285 g/mol. The van der Waals surface area contributed by atoms with Gasteiger partial charge in [0.25, 0.3) is 5.91 Å². The summed E-state index contributed by atoms with van der Waals surface area (Å²) in [6.07, 6.45) is 1.56. The summed E-state index contributed by atoms with van der Waals surface area (Å²) in [5, 5.41) is 2.95. The van der Waals surface area contributed by atoms with Crippen molar-refractivity contribution >= 4 is 5.91 Å². The van der Waals surface area contributed by atoms with Gasteiger partial charge in [0.05, 0.1) is 24.4 Å². The number of carbonyl (C=O) groups is 1. The van der Waals surface area contributed by atoms with Gasteiger partial charge in [-0.3, -0.25) is 4.79 Å². The van der Waals surface area contributed by atoms with Crippen molar-refractivity contribution < 1.29 is 9.53 Å². The number of amides is 1. The molecule has 0 spiro atoms. The van der Waals surface area contributed by atoms with E-state index in [-0.39, 0.29) is 11.9 Å². The number of hydrogen-bond donors (Lipinski definition) is 1. The lowest BCUT2D eigenvalue weighted by Crippen LogP contribution is -2.28. The minimum Gasteiger partial charge on any atom is -0.496 e. The van der Waals surface area contributed by atoms with Gasteiger partial charge in [0, 0.05) is 11.8 Å². The molecule has 0 aliphatic heterocycles. The van der Waals surface area contributed by atoms with Crippen molar-refractivity contribution in [2.45, 2.75) is 26.8 Å². The average molecular weight is 285 g/mol. The third-order valence-electron chi connectivity index (χ3n) is 3.30. The molecular formula is C16H19N3O2. The third-order valence-corrected chi connectivity index (χ3v) is 3.30. The zero-order valence-electron chi connectivity index (χ0n) is 12.7. The average Bonchev–Trinajstić information content (AvgIpc) is 2.46. The predicted molar refractivity (Wildman–Crippen MR) is 80.4 cm³/mol. The Kier molecular flexibility index (Phi) is 4.52. The van der Waals surface area contributed by atoms with Crippen molar-refractivity contribution in [1.82, 2.24) is 15.3 Å². The molecule has 1 heterocycles. The molecule has 0 bridgehead atoms. The Balaban J connectivity index is 2.19. The Labute approximate surface area is 124 Å². The van der Waals surface area contributed by atoms with Crippen molar-refractivity contribution in [3.63, 3.8) is 0 Å². The molecule has 1 aromatic carbocycles. The van der Waals surface area contributed by atoms with Gasteiger partial charge in [-0.25, -0.2) is 9.97 Å². The molecule has 0 aliphatic rings. The highest BCUT2D eigenvalue weighted by Crippen LogP contribution is 2.24. The van der Waals surface area contributed by atoms with Crippen LogP contribution in [0, 0.1) is 13.8 Å². The fourth-order valence-corrected chi connectivity index (χ4v) is 2.18. The molecule has 0 unspecified atom stereocenters. The van der Waals surface area contributed by atoms with Gasteiger partial charge in [-0.15, -0.1) is 0 Å². The Bertz CT molecular complexity index is 656. The zero-order valence-corrected chi connectivity index (χ0v) is 12.7. The first kappa shape index (κ1) is 15.0. The van der Waals surface area contributed by atoms with Gasteiger partial charge in [0.15, 0.2) is 0 Å². The number of aromatic nitrogens is 2. The summed E-state index contributed by atoms with van der Waals surface area (Å²) in [7, 11) is 1.62. The molecule has 0 saturated carbocycles. The Morgan fingerprint density at radius 2 is 2.00 bits per heavy atom. The summed E-state index contributed by atoms with van der Waals surface area (Å²) in [4.78, 5) is 20.6. The van der Waals surface area contributed by atoms with E-state index < -0.39 is 0 Å². The van der Waals surface area contributed by atoms with Gasteiger partial charge in [0.1, 0.15) is 11.6 Å². The standard InChI is InChI=1S/C16H19N3O2/c1-10(13-7-5-6-8-15(13)21-4)19-16(20)14-9-17-12(3)18-11(14)2/h5-10H,1-4H3,(H,19,20)/t10-/m1/s1. The summed E-state index contributed by atoms with van der Waals surface area (Å²) >= 11 is 0. The molecule has 0 radical (unpaired) electrons. The highest BCUT2D eigenvalue weighted by atomic mass is 16.5. The van der Waals surface area contributed by atoms with Crippen LogP contribution in [0.3, 0.4) is 0 Å². The van der Waals surface area contributed by atoms with E-state index in [1.807, 2.05) is 31.2 Å². The number of nitrogens with one attached hydrogen (secondary N) is 1. The lowest BCUT2D eigenvalue weighted by atomic mass is 10.1. The van der Waals surface area contributed by atoms with E-state index in [1.165, 1.54) is 0 Å². The second-order valence-electron chi connectivity index (χ2n) is 4.85. The van der Waals surface area contributed by atoms with Gasteiger partial charge in [0.2, 0.25) is 0 Å². The fraction of sp³-hybridized carbons (Fsp3) is 0.312. The van der Waals surface area contributed by atoms with Crippen LogP contribution in [-0.4, -0.2) is 23.0 Å². The van der Waals surface area contributed by atoms with Crippen molar-refractivity contribution in [3.05, 3.63) is 53.1 Å². The number of para-hydroxylation sites is 1. The van der Waals surface area contributed by atoms with Gasteiger partial charge < -0.3 is 10.1 Å². The Morgan fingerprint density at radius 1 is 1.29 bits per heavy atom. The zero-order chi connectivity index (χ0) is 15.4. The quantitative estimate of drug-likeness (QED) is 0.937. The summed E-state index contributed by atoms with van der Waals surface area (Å²) in [5.41, 5.74) is 2.09. The molecule has 0 saturated heterocycles. The van der Waals surface area contributed by atoms with Gasteiger partial charge in [-0.1, -0.05) is 18.2 Å². The summed E-state index contributed by atoms with van der Waals surface area (Å²) in [6, 6.07) is 7.45. The van der Waals surface area contributed by atoms with Crippen LogP contribution in [0.2, 0.25) is 0 Å². The molecule has 1 aromatic heterocycles. The molecule has 2 rings (SSSR count). The number of hydrogen-bond acceptors (Lipinski definition) is 4. The van der Waals surface area contributed by atoms with Gasteiger partial charge in [-0.05, 0) is 26.8 Å². The maximum atomic E-state index is 12.3. The number of nitrogens with zero attached hydrogens (tertiary/aromatic N) is 2. The molecule has 0 fully saturated rings. The fourth-order valence-electron chi connectivity index (χ4n) is 2.18. The normalized spacial score (nSPS) is 11.8. The van der Waals surface area contributed by atoms with Crippen molar-refractivity contribution in [1.29, 1.82) is 0 Å². The highest BCUT2D eigenvalue weighted by Gasteiger charge is 2.16. The minimum atomic E-state index is -0.189. The van der Waals surface area contributed by atoms with Crippen LogP contribution >= 0.6 is 0 Å². The summed E-state index contributed by atoms with van der Waals surface area (Å²) in [5.74, 6) is 1.22. The van der Waals surface area contributed by atoms with Crippen molar-refractivity contribution in [3.8, 4) is 5.75 Å². The van der Waals surface area contributed by atoms with Crippen LogP contribution in [0.15, 0.2) is 30.5 Å². The van der Waals surface area contributed by atoms with Crippen LogP contribution in [-0.2, 0) is 0 Å². The van der Waals surface area contributed by atoms with E-state index >= 15 is 0 Å². The van der Waals surface area contributed by atoms with Crippen molar-refractivity contribution in [2.24, 2.45) is 0 Å². The Hall–Kier alpha value is -2.43. The van der Waals surface area contributed by atoms with Crippen LogP contribution in [0.4, 0.5) is 0 Å². The van der Waals surface area contributed by atoms with Gasteiger partial charge in [-0.2, -0.15) is 0 Å². The van der Waals surface area contributed by atoms with Crippen LogP contribution < -0.4 is 10.1 Å². The van der Waals surface area contributed by atoms with E-state index in [0.717, 1.165) is 11.3 Å². The summed E-state index contributed by atoms with van der Waals surface area (Å²) < 4.78 is 5.32. The molecule has 5 nitrogen and oxygen atoms in total. The van der Waals surface area contributed by atoms with E-state index in [9.17, 15) is 4.79 Å². The lowest BCUT2D eigenvalue weighted by Gasteiger charge is -2.17. The predicted octanol–water partition coefficient (Wildman–Crippen LogP) is 2.59. The van der Waals surface area contributed by atoms with Crippen LogP contribution in [0.25, 0.3) is 0 Å². The maximum Gasteiger partial charge on any atom is 0.255 e. The van der Waals surface area contributed by atoms with E-state index in [1.54, 1.807) is 27.2 Å². The first-order valence-corrected chi connectivity index (χ1v) is 6.77. The molecule has 1 amide bonds. The highest BCUT2D eigenvalue weighted by molar-refractivity contribution is 5.95. The van der Waals surface area contributed by atoms with Gasteiger partial charge >= 0.3 is 0 Å². The van der Waals surface area contributed by atoms with E-state index in [0.29, 0.717) is 17.1 Å². The smallest absolute Gasteiger partial charge is 0.255 e. The number of aryl methyl sites for hydroxylation is 2. The molecule has 2 aromatic rings. The minimum absolute atomic E-state index is 0.172. The second kappa shape index (κ2) is 6.35. The first-order chi connectivity index (χ1) is 10.0.